The number of nitrogens with one attached hydrogen (secondary N) is 1. The molecule has 9 heteroatoms. The number of nitrogens with zero attached hydrogens (tertiary/aromatic N) is 3. The van der Waals surface area contributed by atoms with Crippen LogP contribution in [0.5, 0.6) is 0 Å². The van der Waals surface area contributed by atoms with Gasteiger partial charge in [-0.15, -0.1) is 28.5 Å². The van der Waals surface area contributed by atoms with Crippen LogP contribution < -0.4 is 5.32 Å². The topological polar surface area (TPSA) is 59.8 Å². The van der Waals surface area contributed by atoms with Crippen LogP contribution in [0.2, 0.25) is 0 Å². The van der Waals surface area contributed by atoms with E-state index in [1.807, 2.05) is 28.8 Å². The zero-order valence-electron chi connectivity index (χ0n) is 16.1. The molecule has 0 spiro atoms. The second-order valence-electron chi connectivity index (χ2n) is 6.26. The van der Waals surface area contributed by atoms with Crippen LogP contribution in [0.4, 0.5) is 10.1 Å². The van der Waals surface area contributed by atoms with Gasteiger partial charge in [0.05, 0.1) is 11.5 Å². The summed E-state index contributed by atoms with van der Waals surface area (Å²) in [6, 6.07) is 14.1. The summed E-state index contributed by atoms with van der Waals surface area (Å²) < 4.78 is 16.1. The number of hydrogen-bond acceptors (Lipinski definition) is 5. The lowest BCUT2D eigenvalue weighted by molar-refractivity contribution is -0.113. The van der Waals surface area contributed by atoms with Gasteiger partial charge in [0.1, 0.15) is 11.6 Å². The molecule has 0 radical (unpaired) electrons. The lowest BCUT2D eigenvalue weighted by Crippen LogP contribution is -2.14. The number of rotatable bonds is 10. The maximum absolute atomic E-state index is 13.0. The van der Waals surface area contributed by atoms with Gasteiger partial charge in [0, 0.05) is 21.6 Å². The van der Waals surface area contributed by atoms with Crippen LogP contribution in [0.25, 0.3) is 0 Å². The number of carbonyl (C=O) groups excluding carboxylic acids is 1. The Morgan fingerprint density at radius 2 is 1.87 bits per heavy atom. The Kier molecular flexibility index (Phi) is 8.76. The number of anilines is 1. The van der Waals surface area contributed by atoms with Crippen molar-refractivity contribution >= 4 is 57.7 Å². The predicted octanol–water partition coefficient (Wildman–Crippen LogP) is 5.37. The average molecular weight is 554 g/mol. The van der Waals surface area contributed by atoms with Crippen molar-refractivity contribution in [2.45, 2.75) is 23.2 Å². The van der Waals surface area contributed by atoms with E-state index in [1.165, 1.54) is 23.9 Å². The van der Waals surface area contributed by atoms with Crippen molar-refractivity contribution in [2.24, 2.45) is 0 Å². The van der Waals surface area contributed by atoms with Crippen molar-refractivity contribution in [1.29, 1.82) is 0 Å². The highest BCUT2D eigenvalue weighted by atomic mass is 127. The molecular formula is C21H20FIN4OS2. The molecule has 3 rings (SSSR count). The van der Waals surface area contributed by atoms with Crippen LogP contribution in [-0.4, -0.2) is 26.4 Å². The third kappa shape index (κ3) is 6.85. The van der Waals surface area contributed by atoms with E-state index in [-0.39, 0.29) is 17.5 Å². The van der Waals surface area contributed by atoms with Crippen molar-refractivity contribution in [3.63, 3.8) is 0 Å². The summed E-state index contributed by atoms with van der Waals surface area (Å²) in [7, 11) is 0. The van der Waals surface area contributed by atoms with Crippen molar-refractivity contribution < 1.29 is 9.18 Å². The smallest absolute Gasteiger partial charge is 0.234 e. The van der Waals surface area contributed by atoms with Gasteiger partial charge in [-0.2, -0.15) is 0 Å². The summed E-state index contributed by atoms with van der Waals surface area (Å²) in [6.45, 7) is 4.37. The molecular weight excluding hydrogens is 534 g/mol. The molecule has 5 nitrogen and oxygen atoms in total. The average Bonchev–Trinajstić information content (AvgIpc) is 3.12. The van der Waals surface area contributed by atoms with E-state index in [2.05, 4.69) is 44.7 Å². The molecule has 2 aromatic carbocycles. The predicted molar refractivity (Wildman–Crippen MR) is 130 cm³/mol. The molecule has 30 heavy (non-hydrogen) atoms. The molecule has 0 aliphatic rings. The van der Waals surface area contributed by atoms with Crippen LogP contribution in [-0.2, 0) is 22.8 Å². The van der Waals surface area contributed by atoms with Crippen LogP contribution in [0.1, 0.15) is 11.4 Å². The Hall–Kier alpha value is -1.85. The molecule has 0 atom stereocenters. The van der Waals surface area contributed by atoms with Crippen molar-refractivity contribution in [2.75, 3.05) is 11.1 Å². The summed E-state index contributed by atoms with van der Waals surface area (Å²) in [6.07, 6.45) is 1.78. The Balaban J connectivity index is 1.55. The molecule has 0 saturated heterocycles. The van der Waals surface area contributed by atoms with Crippen molar-refractivity contribution in [3.8, 4) is 0 Å². The van der Waals surface area contributed by atoms with E-state index in [9.17, 15) is 9.18 Å². The van der Waals surface area contributed by atoms with Crippen LogP contribution >= 0.6 is 46.1 Å². The number of benzene rings is 2. The molecule has 0 unspecified atom stereocenters. The minimum Gasteiger partial charge on any atom is -0.325 e. The fraction of sp³-hybridized carbons (Fsp3) is 0.190. The van der Waals surface area contributed by atoms with Crippen LogP contribution in [0, 0.1) is 9.39 Å². The highest BCUT2D eigenvalue weighted by molar-refractivity contribution is 14.1. The third-order valence-corrected chi connectivity index (χ3v) is 6.66. The fourth-order valence-electron chi connectivity index (χ4n) is 2.55. The molecule has 0 fully saturated rings. The number of aromatic nitrogens is 3. The van der Waals surface area contributed by atoms with Gasteiger partial charge in [-0.3, -0.25) is 4.79 Å². The summed E-state index contributed by atoms with van der Waals surface area (Å²) >= 11 is 5.25. The van der Waals surface area contributed by atoms with Crippen molar-refractivity contribution in [1.82, 2.24) is 14.8 Å². The van der Waals surface area contributed by atoms with E-state index in [0.29, 0.717) is 17.5 Å². The fourth-order valence-corrected chi connectivity index (χ4v) is 4.60. The minimum atomic E-state index is -0.234. The number of halogens is 2. The van der Waals surface area contributed by atoms with E-state index in [1.54, 1.807) is 30.0 Å². The molecule has 0 bridgehead atoms. The Bertz CT molecular complexity index is 993. The molecule has 0 aliphatic carbocycles. The normalized spacial score (nSPS) is 10.7. The molecule has 1 amide bonds. The van der Waals surface area contributed by atoms with Gasteiger partial charge in [0.25, 0.3) is 0 Å². The molecule has 1 aromatic heterocycles. The first-order valence-electron chi connectivity index (χ1n) is 9.08. The van der Waals surface area contributed by atoms with Gasteiger partial charge in [0.15, 0.2) is 5.16 Å². The number of thioether (sulfide) groups is 2. The summed E-state index contributed by atoms with van der Waals surface area (Å²) in [5.41, 5.74) is 1.82. The van der Waals surface area contributed by atoms with Gasteiger partial charge >= 0.3 is 0 Å². The van der Waals surface area contributed by atoms with E-state index in [0.717, 1.165) is 26.4 Å². The zero-order valence-corrected chi connectivity index (χ0v) is 19.8. The molecule has 0 aliphatic heterocycles. The van der Waals surface area contributed by atoms with Gasteiger partial charge in [-0.05, 0) is 64.6 Å². The molecule has 3 aromatic rings. The number of allylic oxidation sites excluding steroid dienone is 1. The van der Waals surface area contributed by atoms with E-state index < -0.39 is 0 Å². The Morgan fingerprint density at radius 3 is 2.57 bits per heavy atom. The van der Waals surface area contributed by atoms with Crippen LogP contribution in [0.15, 0.2) is 66.3 Å². The van der Waals surface area contributed by atoms with Crippen LogP contribution in [0.3, 0.4) is 0 Å². The highest BCUT2D eigenvalue weighted by Gasteiger charge is 2.14. The summed E-state index contributed by atoms with van der Waals surface area (Å²) in [5.74, 6) is 2.14. The van der Waals surface area contributed by atoms with E-state index in [4.69, 9.17) is 0 Å². The largest absolute Gasteiger partial charge is 0.325 e. The number of hydrogen-bond donors (Lipinski definition) is 1. The second-order valence-corrected chi connectivity index (χ2v) is 9.43. The lowest BCUT2D eigenvalue weighted by atomic mass is 10.2. The van der Waals surface area contributed by atoms with Gasteiger partial charge in [-0.25, -0.2) is 4.39 Å². The zero-order chi connectivity index (χ0) is 21.3. The molecule has 1 heterocycles. The van der Waals surface area contributed by atoms with Crippen molar-refractivity contribution in [3.05, 3.63) is 82.0 Å². The molecule has 1 N–H and O–H groups in total. The summed E-state index contributed by atoms with van der Waals surface area (Å²) in [4.78, 5) is 12.3. The Labute approximate surface area is 197 Å². The Morgan fingerprint density at radius 1 is 1.13 bits per heavy atom. The van der Waals surface area contributed by atoms with E-state index >= 15 is 0 Å². The highest BCUT2D eigenvalue weighted by Crippen LogP contribution is 2.22. The molecule has 0 saturated carbocycles. The number of carbonyl (C=O) groups is 1. The quantitative estimate of drug-likeness (QED) is 0.208. The lowest BCUT2D eigenvalue weighted by Gasteiger charge is -2.08. The first-order chi connectivity index (χ1) is 14.5. The first kappa shape index (κ1) is 22.8. The van der Waals surface area contributed by atoms with Gasteiger partial charge < -0.3 is 9.88 Å². The first-order valence-corrected chi connectivity index (χ1v) is 12.3. The maximum Gasteiger partial charge on any atom is 0.234 e. The minimum absolute atomic E-state index is 0.0957. The maximum atomic E-state index is 13.0. The monoisotopic (exact) mass is 554 g/mol. The summed E-state index contributed by atoms with van der Waals surface area (Å²) in [5, 5.41) is 12.1. The van der Waals surface area contributed by atoms with Gasteiger partial charge in [-0.1, -0.05) is 30.0 Å². The SMILES string of the molecule is C=CCn1c(CSCc2ccc(F)cc2)nnc1SCC(=O)Nc1ccc(I)cc1. The third-order valence-electron chi connectivity index (χ3n) is 3.98. The molecule has 156 valence electrons. The number of amides is 1. The standard InChI is InChI=1S/C21H20FIN4OS2/c1-2-11-27-19(13-29-12-15-3-5-16(22)6-4-15)25-26-21(27)30-14-20(28)24-18-9-7-17(23)8-10-18/h2-10H,1,11-14H2,(H,24,28). The van der Waals surface area contributed by atoms with Gasteiger partial charge in [0.2, 0.25) is 5.91 Å². The second kappa shape index (κ2) is 11.5.